The number of aryl methyl sites for hydroxylation is 1. The highest BCUT2D eigenvalue weighted by Gasteiger charge is 2.14. The van der Waals surface area contributed by atoms with Gasteiger partial charge in [0.25, 0.3) is 5.91 Å². The number of benzene rings is 2. The van der Waals surface area contributed by atoms with Crippen molar-refractivity contribution in [1.29, 1.82) is 0 Å². The van der Waals surface area contributed by atoms with Crippen molar-refractivity contribution in [2.24, 2.45) is 0 Å². The molecule has 4 nitrogen and oxygen atoms in total. The molecule has 0 unspecified atom stereocenters. The molecule has 0 heterocycles. The number of rotatable bonds is 7. The van der Waals surface area contributed by atoms with Gasteiger partial charge in [-0.2, -0.15) is 0 Å². The molecule has 0 aliphatic heterocycles. The molecule has 2 aromatic carbocycles. The zero-order chi connectivity index (χ0) is 16.7. The Morgan fingerprint density at radius 1 is 1.17 bits per heavy atom. The molecule has 1 amide bonds. The van der Waals surface area contributed by atoms with Crippen molar-refractivity contribution in [3.05, 3.63) is 59.1 Å². The lowest BCUT2D eigenvalue weighted by molar-refractivity contribution is -0.127. The zero-order valence-electron chi connectivity index (χ0n) is 13.2. The first-order valence-corrected chi connectivity index (χ1v) is 7.82. The molecule has 0 saturated heterocycles. The lowest BCUT2D eigenvalue weighted by Gasteiger charge is -2.15. The molecule has 0 aliphatic rings. The van der Waals surface area contributed by atoms with Gasteiger partial charge >= 0.3 is 0 Å². The highest BCUT2D eigenvalue weighted by molar-refractivity contribution is 6.30. The first-order valence-electron chi connectivity index (χ1n) is 7.44. The molecule has 23 heavy (non-hydrogen) atoms. The summed E-state index contributed by atoms with van der Waals surface area (Å²) >= 11 is 5.88. The average Bonchev–Trinajstić information content (AvgIpc) is 2.53. The molecule has 1 atom stereocenters. The van der Waals surface area contributed by atoms with Crippen molar-refractivity contribution in [2.45, 2.75) is 20.0 Å². The average molecular weight is 334 g/mol. The van der Waals surface area contributed by atoms with Crippen LogP contribution in [-0.4, -0.2) is 25.2 Å². The fourth-order valence-electron chi connectivity index (χ4n) is 1.92. The standard InChI is InChI=1S/C18H20ClNO3/c1-13-6-8-16(9-7-13)22-11-10-20-18(21)14(2)23-17-5-3-4-15(19)12-17/h3-9,12,14H,10-11H2,1-2H3,(H,20,21)/t14-/m1/s1. The summed E-state index contributed by atoms with van der Waals surface area (Å²) in [6.07, 6.45) is -0.604. The van der Waals surface area contributed by atoms with Gasteiger partial charge in [-0.05, 0) is 44.2 Å². The van der Waals surface area contributed by atoms with Gasteiger partial charge in [0, 0.05) is 5.02 Å². The Bertz CT molecular complexity index is 643. The number of carbonyl (C=O) groups excluding carboxylic acids is 1. The van der Waals surface area contributed by atoms with E-state index in [1.165, 1.54) is 5.56 Å². The monoisotopic (exact) mass is 333 g/mol. The Hall–Kier alpha value is -2.20. The number of halogens is 1. The minimum Gasteiger partial charge on any atom is -0.492 e. The van der Waals surface area contributed by atoms with Crippen LogP contribution in [0.5, 0.6) is 11.5 Å². The summed E-state index contributed by atoms with van der Waals surface area (Å²) < 4.78 is 11.1. The first kappa shape index (κ1) is 17.2. The van der Waals surface area contributed by atoms with Gasteiger partial charge in [-0.25, -0.2) is 0 Å². The second kappa shape index (κ2) is 8.44. The predicted octanol–water partition coefficient (Wildman–Crippen LogP) is 3.61. The summed E-state index contributed by atoms with van der Waals surface area (Å²) in [7, 11) is 0. The minimum atomic E-state index is -0.604. The number of hydrogen-bond acceptors (Lipinski definition) is 3. The number of amides is 1. The zero-order valence-corrected chi connectivity index (χ0v) is 14.0. The van der Waals surface area contributed by atoms with Crippen LogP contribution in [0.4, 0.5) is 0 Å². The van der Waals surface area contributed by atoms with Crippen LogP contribution < -0.4 is 14.8 Å². The Morgan fingerprint density at radius 2 is 1.91 bits per heavy atom. The van der Waals surface area contributed by atoms with Crippen molar-refractivity contribution in [3.63, 3.8) is 0 Å². The highest BCUT2D eigenvalue weighted by Crippen LogP contribution is 2.18. The van der Waals surface area contributed by atoms with Gasteiger partial charge in [0.05, 0.1) is 6.54 Å². The van der Waals surface area contributed by atoms with Crippen molar-refractivity contribution in [1.82, 2.24) is 5.32 Å². The molecule has 0 radical (unpaired) electrons. The first-order chi connectivity index (χ1) is 11.0. The van der Waals surface area contributed by atoms with Crippen molar-refractivity contribution >= 4 is 17.5 Å². The predicted molar refractivity (Wildman–Crippen MR) is 91.2 cm³/mol. The number of ether oxygens (including phenoxy) is 2. The second-order valence-corrected chi connectivity index (χ2v) is 5.61. The van der Waals surface area contributed by atoms with Gasteiger partial charge in [0.15, 0.2) is 6.10 Å². The Morgan fingerprint density at radius 3 is 2.61 bits per heavy atom. The lowest BCUT2D eigenvalue weighted by Crippen LogP contribution is -2.38. The number of nitrogens with one attached hydrogen (secondary N) is 1. The van der Waals surface area contributed by atoms with E-state index in [2.05, 4.69) is 5.32 Å². The topological polar surface area (TPSA) is 47.6 Å². The molecule has 0 saturated carbocycles. The maximum atomic E-state index is 12.0. The van der Waals surface area contributed by atoms with Gasteiger partial charge in [-0.3, -0.25) is 4.79 Å². The van der Waals surface area contributed by atoms with E-state index in [0.29, 0.717) is 23.9 Å². The fraction of sp³-hybridized carbons (Fsp3) is 0.278. The summed E-state index contributed by atoms with van der Waals surface area (Å²) in [6, 6.07) is 14.7. The maximum Gasteiger partial charge on any atom is 0.260 e. The van der Waals surface area contributed by atoms with Crippen molar-refractivity contribution < 1.29 is 14.3 Å². The Balaban J connectivity index is 1.70. The molecule has 1 N–H and O–H groups in total. The van der Waals surface area contributed by atoms with E-state index in [4.69, 9.17) is 21.1 Å². The molecule has 0 fully saturated rings. The van der Waals surface area contributed by atoms with E-state index < -0.39 is 6.10 Å². The fourth-order valence-corrected chi connectivity index (χ4v) is 2.10. The van der Waals surface area contributed by atoms with Gasteiger partial charge in [0.1, 0.15) is 18.1 Å². The summed E-state index contributed by atoms with van der Waals surface area (Å²) in [6.45, 7) is 4.52. The second-order valence-electron chi connectivity index (χ2n) is 5.17. The molecule has 0 bridgehead atoms. The summed E-state index contributed by atoms with van der Waals surface area (Å²) in [5, 5.41) is 3.35. The number of hydrogen-bond donors (Lipinski definition) is 1. The normalized spacial score (nSPS) is 11.6. The van der Waals surface area contributed by atoms with E-state index in [0.717, 1.165) is 5.75 Å². The van der Waals surface area contributed by atoms with E-state index in [1.807, 2.05) is 31.2 Å². The van der Waals surface area contributed by atoms with E-state index >= 15 is 0 Å². The van der Waals surface area contributed by atoms with Gasteiger partial charge in [-0.1, -0.05) is 35.4 Å². The van der Waals surface area contributed by atoms with Gasteiger partial charge in [-0.15, -0.1) is 0 Å². The van der Waals surface area contributed by atoms with Crippen LogP contribution in [0, 0.1) is 6.92 Å². The van der Waals surface area contributed by atoms with Crippen LogP contribution in [0.15, 0.2) is 48.5 Å². The molecule has 0 aliphatic carbocycles. The van der Waals surface area contributed by atoms with Crippen LogP contribution in [0.1, 0.15) is 12.5 Å². The quantitative estimate of drug-likeness (QED) is 0.787. The Labute approximate surface area is 141 Å². The molecule has 0 spiro atoms. The maximum absolute atomic E-state index is 12.0. The minimum absolute atomic E-state index is 0.197. The van der Waals surface area contributed by atoms with Gasteiger partial charge in [0.2, 0.25) is 0 Å². The molecule has 2 aromatic rings. The molecule has 5 heteroatoms. The smallest absolute Gasteiger partial charge is 0.260 e. The SMILES string of the molecule is Cc1ccc(OCCNC(=O)[C@@H](C)Oc2cccc(Cl)c2)cc1. The third kappa shape index (κ3) is 5.83. The summed E-state index contributed by atoms with van der Waals surface area (Å²) in [5.41, 5.74) is 1.18. The number of carbonyl (C=O) groups is 1. The molecular weight excluding hydrogens is 314 g/mol. The molecule has 2 rings (SSSR count). The van der Waals surface area contributed by atoms with Crippen LogP contribution >= 0.6 is 11.6 Å². The van der Waals surface area contributed by atoms with Gasteiger partial charge < -0.3 is 14.8 Å². The van der Waals surface area contributed by atoms with Crippen molar-refractivity contribution in [3.8, 4) is 11.5 Å². The van der Waals surface area contributed by atoms with Crippen molar-refractivity contribution in [2.75, 3.05) is 13.2 Å². The highest BCUT2D eigenvalue weighted by atomic mass is 35.5. The third-order valence-corrected chi connectivity index (χ3v) is 3.40. The largest absolute Gasteiger partial charge is 0.492 e. The van der Waals surface area contributed by atoms with Crippen LogP contribution in [0.2, 0.25) is 5.02 Å². The Kier molecular flexibility index (Phi) is 6.29. The van der Waals surface area contributed by atoms with E-state index in [1.54, 1.807) is 31.2 Å². The van der Waals surface area contributed by atoms with Crippen LogP contribution in [-0.2, 0) is 4.79 Å². The molecule has 122 valence electrons. The van der Waals surface area contributed by atoms with Crippen LogP contribution in [0.25, 0.3) is 0 Å². The molecular formula is C18H20ClNO3. The third-order valence-electron chi connectivity index (χ3n) is 3.17. The van der Waals surface area contributed by atoms with E-state index in [9.17, 15) is 4.79 Å². The lowest BCUT2D eigenvalue weighted by atomic mass is 10.2. The summed E-state index contributed by atoms with van der Waals surface area (Å²) in [4.78, 5) is 12.0. The van der Waals surface area contributed by atoms with Crippen LogP contribution in [0.3, 0.4) is 0 Å². The summed E-state index contributed by atoms with van der Waals surface area (Å²) in [5.74, 6) is 1.15. The van der Waals surface area contributed by atoms with E-state index in [-0.39, 0.29) is 5.91 Å². The molecule has 0 aromatic heterocycles.